The summed E-state index contributed by atoms with van der Waals surface area (Å²) >= 11 is 6.59. The van der Waals surface area contributed by atoms with Crippen molar-refractivity contribution in [3.63, 3.8) is 0 Å². The van der Waals surface area contributed by atoms with Crippen LogP contribution in [0.2, 0.25) is 5.15 Å². The van der Waals surface area contributed by atoms with E-state index >= 15 is 0 Å². The van der Waals surface area contributed by atoms with Crippen molar-refractivity contribution in [2.45, 2.75) is 38.4 Å². The van der Waals surface area contributed by atoms with Crippen LogP contribution in [0.1, 0.15) is 30.4 Å². The van der Waals surface area contributed by atoms with E-state index < -0.39 is 0 Å². The van der Waals surface area contributed by atoms with E-state index in [1.165, 1.54) is 0 Å². The van der Waals surface area contributed by atoms with Gasteiger partial charge in [0.1, 0.15) is 5.84 Å². The minimum atomic E-state index is -0.198. The summed E-state index contributed by atoms with van der Waals surface area (Å²) in [4.78, 5) is 17.7. The lowest BCUT2D eigenvalue weighted by Gasteiger charge is -2.27. The molecule has 0 unspecified atom stereocenters. The Bertz CT molecular complexity index is 1200. The van der Waals surface area contributed by atoms with E-state index in [0.717, 1.165) is 30.4 Å². The number of hydrogen-bond donors (Lipinski definition) is 5. The Kier molecular flexibility index (Phi) is 6.96. The molecule has 1 aromatic heterocycles. The quantitative estimate of drug-likeness (QED) is 0.142. The molecule has 8 nitrogen and oxygen atoms in total. The molecule has 7 N–H and O–H groups in total. The average Bonchev–Trinajstić information content (AvgIpc) is 2.76. The number of rotatable bonds is 9. The van der Waals surface area contributed by atoms with Gasteiger partial charge in [0.15, 0.2) is 11.0 Å². The van der Waals surface area contributed by atoms with Gasteiger partial charge in [-0.05, 0) is 37.0 Å². The fourth-order valence-corrected chi connectivity index (χ4v) is 4.08. The number of nitrogen functional groups attached to an aromatic ring is 2. The molecule has 1 saturated carbocycles. The van der Waals surface area contributed by atoms with Gasteiger partial charge >= 0.3 is 0 Å². The fraction of sp³-hybridized carbons (Fsp3) is 0.292. The lowest BCUT2D eigenvalue weighted by atomic mass is 9.93. The average molecular weight is 466 g/mol. The number of aromatic nitrogens is 2. The maximum Gasteiger partial charge on any atom is 0.293 e. The number of benzene rings is 2. The van der Waals surface area contributed by atoms with Gasteiger partial charge in [-0.15, -0.1) is 0 Å². The van der Waals surface area contributed by atoms with Gasteiger partial charge in [-0.1, -0.05) is 48.0 Å². The summed E-state index contributed by atoms with van der Waals surface area (Å²) in [5, 5.41) is 14.4. The molecule has 0 saturated heterocycles. The highest BCUT2D eigenvalue weighted by atomic mass is 35.5. The van der Waals surface area contributed by atoms with Crippen LogP contribution >= 0.6 is 11.6 Å². The molecule has 1 fully saturated rings. The lowest BCUT2D eigenvalue weighted by molar-refractivity contribution is 0.443. The summed E-state index contributed by atoms with van der Waals surface area (Å²) in [6.07, 6.45) is 3.21. The normalized spacial score (nSPS) is 13.5. The van der Waals surface area contributed by atoms with Crippen molar-refractivity contribution < 1.29 is 0 Å². The molecule has 9 heteroatoms. The van der Waals surface area contributed by atoms with Crippen LogP contribution in [0, 0.1) is 5.41 Å². The molecule has 1 aliphatic rings. The minimum Gasteiger partial charge on any atom is -0.399 e. The van der Waals surface area contributed by atoms with Crippen molar-refractivity contribution in [2.24, 2.45) is 5.73 Å². The van der Waals surface area contributed by atoms with Crippen LogP contribution in [-0.4, -0.2) is 28.0 Å². The second-order valence-electron chi connectivity index (χ2n) is 8.24. The van der Waals surface area contributed by atoms with E-state index in [1.54, 1.807) is 16.7 Å². The number of hydrogen-bond acceptors (Lipinski definition) is 6. The van der Waals surface area contributed by atoms with Gasteiger partial charge in [0, 0.05) is 42.5 Å². The molecule has 0 bridgehead atoms. The smallest absolute Gasteiger partial charge is 0.293 e. The number of halogens is 1. The maximum absolute atomic E-state index is 13.3. The number of amidine groups is 1. The predicted octanol–water partition coefficient (Wildman–Crippen LogP) is 3.18. The predicted molar refractivity (Wildman–Crippen MR) is 134 cm³/mol. The van der Waals surface area contributed by atoms with Gasteiger partial charge in [0.05, 0.1) is 5.69 Å². The molecule has 0 amide bonds. The first kappa shape index (κ1) is 22.8. The zero-order valence-electron chi connectivity index (χ0n) is 18.3. The second-order valence-corrected chi connectivity index (χ2v) is 8.60. The summed E-state index contributed by atoms with van der Waals surface area (Å²) in [6.45, 7) is 1.58. The molecular weight excluding hydrogens is 438 g/mol. The number of nitrogens with two attached hydrogens (primary N) is 2. The van der Waals surface area contributed by atoms with Crippen LogP contribution in [-0.2, 0) is 13.1 Å². The topological polar surface area (TPSA) is 135 Å². The maximum atomic E-state index is 13.3. The molecule has 3 aromatic rings. The molecule has 4 rings (SSSR count). The van der Waals surface area contributed by atoms with E-state index in [-0.39, 0.29) is 28.4 Å². The van der Waals surface area contributed by atoms with Crippen LogP contribution in [0.5, 0.6) is 0 Å². The number of nitrogens with one attached hydrogen (secondary N) is 3. The standard InChI is InChI=1S/C24H28ClN7O/c25-21-20(17-3-1-4-18(26)13-17)32(24(33)23(31-21)30-19-5-2-6-19)12-11-29-14-15-7-9-16(10-8-15)22(27)28/h1,3-4,7-10,13,19,29H,2,5-6,11-12,14,26H2,(H3,27,28)(H,30,31). The molecule has 33 heavy (non-hydrogen) atoms. The zero-order valence-corrected chi connectivity index (χ0v) is 19.0. The van der Waals surface area contributed by atoms with Crippen molar-refractivity contribution in [3.8, 4) is 11.3 Å². The highest BCUT2D eigenvalue weighted by Gasteiger charge is 2.22. The second kappa shape index (κ2) is 10.1. The van der Waals surface area contributed by atoms with Gasteiger partial charge in [0.25, 0.3) is 5.56 Å². The van der Waals surface area contributed by atoms with E-state index in [4.69, 9.17) is 28.5 Å². The van der Waals surface area contributed by atoms with Crippen LogP contribution < -0.4 is 27.7 Å². The molecule has 2 aromatic carbocycles. The Morgan fingerprint density at radius 2 is 1.97 bits per heavy atom. The first-order chi connectivity index (χ1) is 15.9. The van der Waals surface area contributed by atoms with Crippen molar-refractivity contribution in [1.29, 1.82) is 5.41 Å². The molecule has 0 radical (unpaired) electrons. The highest BCUT2D eigenvalue weighted by molar-refractivity contribution is 6.32. The van der Waals surface area contributed by atoms with Crippen LogP contribution in [0.15, 0.2) is 53.3 Å². The van der Waals surface area contributed by atoms with Gasteiger partial charge in [-0.2, -0.15) is 0 Å². The first-order valence-electron chi connectivity index (χ1n) is 11.0. The minimum absolute atomic E-state index is 0.0452. The highest BCUT2D eigenvalue weighted by Crippen LogP contribution is 2.28. The van der Waals surface area contributed by atoms with Crippen LogP contribution in [0.4, 0.5) is 11.5 Å². The van der Waals surface area contributed by atoms with E-state index in [2.05, 4.69) is 15.6 Å². The SMILES string of the molecule is N=C(N)c1ccc(CNCCn2c(-c3cccc(N)c3)c(Cl)nc(NC3CCC3)c2=O)cc1. The van der Waals surface area contributed by atoms with E-state index in [0.29, 0.717) is 36.6 Å². The van der Waals surface area contributed by atoms with Crippen molar-refractivity contribution in [2.75, 3.05) is 17.6 Å². The Labute approximate surface area is 197 Å². The molecule has 0 spiro atoms. The third-order valence-corrected chi connectivity index (χ3v) is 6.10. The van der Waals surface area contributed by atoms with E-state index in [9.17, 15) is 4.79 Å². The lowest BCUT2D eigenvalue weighted by Crippen LogP contribution is -2.35. The summed E-state index contributed by atoms with van der Waals surface area (Å²) in [7, 11) is 0. The summed E-state index contributed by atoms with van der Waals surface area (Å²) in [5.41, 5.74) is 14.9. The third kappa shape index (κ3) is 5.35. The van der Waals surface area contributed by atoms with E-state index in [1.807, 2.05) is 36.4 Å². The Hall–Kier alpha value is -3.36. The Morgan fingerprint density at radius 3 is 2.61 bits per heavy atom. The monoisotopic (exact) mass is 465 g/mol. The zero-order chi connectivity index (χ0) is 23.4. The van der Waals surface area contributed by atoms with Gasteiger partial charge in [0.2, 0.25) is 0 Å². The molecule has 1 heterocycles. The third-order valence-electron chi connectivity index (χ3n) is 5.84. The summed E-state index contributed by atoms with van der Waals surface area (Å²) in [5.74, 6) is 0.334. The van der Waals surface area contributed by atoms with Gasteiger partial charge in [-0.3, -0.25) is 10.2 Å². The molecule has 172 valence electrons. The number of nitrogens with zero attached hydrogens (tertiary/aromatic N) is 2. The summed E-state index contributed by atoms with van der Waals surface area (Å²) in [6, 6.07) is 15.1. The largest absolute Gasteiger partial charge is 0.399 e. The van der Waals surface area contributed by atoms with Crippen molar-refractivity contribution >= 4 is 28.9 Å². The Morgan fingerprint density at radius 1 is 1.21 bits per heavy atom. The molecule has 0 atom stereocenters. The molecule has 0 aliphatic heterocycles. The van der Waals surface area contributed by atoms with Crippen molar-refractivity contribution in [1.82, 2.24) is 14.9 Å². The van der Waals surface area contributed by atoms with Gasteiger partial charge < -0.3 is 26.7 Å². The molecule has 1 aliphatic carbocycles. The van der Waals surface area contributed by atoms with Crippen LogP contribution in [0.25, 0.3) is 11.3 Å². The van der Waals surface area contributed by atoms with Crippen molar-refractivity contribution in [3.05, 3.63) is 75.2 Å². The van der Waals surface area contributed by atoms with Crippen LogP contribution in [0.3, 0.4) is 0 Å². The summed E-state index contributed by atoms with van der Waals surface area (Å²) < 4.78 is 1.66. The van der Waals surface area contributed by atoms with Gasteiger partial charge in [-0.25, -0.2) is 4.98 Å². The fourth-order valence-electron chi connectivity index (χ4n) is 3.78. The number of anilines is 2. The Balaban J connectivity index is 1.55. The molecular formula is C24H28ClN7O. The first-order valence-corrected chi connectivity index (χ1v) is 11.4.